The van der Waals surface area contributed by atoms with Crippen LogP contribution < -0.4 is 11.1 Å². The smallest absolute Gasteiger partial charge is 0.256 e. The van der Waals surface area contributed by atoms with Crippen LogP contribution in [-0.2, 0) is 17.6 Å². The van der Waals surface area contributed by atoms with Crippen molar-refractivity contribution in [1.29, 1.82) is 0 Å². The summed E-state index contributed by atoms with van der Waals surface area (Å²) in [5.41, 5.74) is 9.46. The number of aryl methyl sites for hydroxylation is 1. The van der Waals surface area contributed by atoms with Crippen LogP contribution in [0.2, 0.25) is 0 Å². The first kappa shape index (κ1) is 16.1. The van der Waals surface area contributed by atoms with Crippen LogP contribution in [0.1, 0.15) is 40.4 Å². The van der Waals surface area contributed by atoms with E-state index in [1.807, 2.05) is 0 Å². The summed E-state index contributed by atoms with van der Waals surface area (Å²) in [5.74, 6) is -0.614. The van der Waals surface area contributed by atoms with Gasteiger partial charge in [-0.05, 0) is 43.0 Å². The van der Waals surface area contributed by atoms with Gasteiger partial charge in [0.05, 0.1) is 17.7 Å². The Hall–Kier alpha value is -2.41. The van der Waals surface area contributed by atoms with Gasteiger partial charge in [-0.1, -0.05) is 0 Å². The topological polar surface area (TPSA) is 82.2 Å². The number of benzene rings is 1. The number of methoxy groups -OCH3 is 1. The fraction of sp³-hybridized carbons (Fsp3) is 0.444. The number of ether oxygens (including phenoxy) is 1. The molecule has 0 saturated carbocycles. The molecule has 6 nitrogen and oxygen atoms in total. The Morgan fingerprint density at radius 1 is 1.44 bits per heavy atom. The van der Waals surface area contributed by atoms with E-state index in [1.54, 1.807) is 13.2 Å². The van der Waals surface area contributed by atoms with E-state index in [-0.39, 0.29) is 17.8 Å². The van der Waals surface area contributed by atoms with E-state index in [9.17, 15) is 9.18 Å². The summed E-state index contributed by atoms with van der Waals surface area (Å²) < 4.78 is 20.4. The Morgan fingerprint density at radius 2 is 2.28 bits per heavy atom. The molecule has 3 N–H and O–H groups in total. The third-order valence-electron chi connectivity index (χ3n) is 5.22. The minimum Gasteiger partial charge on any atom is -0.385 e. The van der Waals surface area contributed by atoms with Gasteiger partial charge in [0.2, 0.25) is 0 Å². The van der Waals surface area contributed by atoms with Gasteiger partial charge >= 0.3 is 0 Å². The lowest BCUT2D eigenvalue weighted by Gasteiger charge is -2.25. The third-order valence-corrected chi connectivity index (χ3v) is 5.22. The van der Waals surface area contributed by atoms with E-state index >= 15 is 0 Å². The molecule has 25 heavy (non-hydrogen) atoms. The summed E-state index contributed by atoms with van der Waals surface area (Å²) in [7, 11) is 1.68. The van der Waals surface area contributed by atoms with Gasteiger partial charge in [-0.2, -0.15) is 9.78 Å². The molecule has 1 unspecified atom stereocenters. The Labute approximate surface area is 145 Å². The van der Waals surface area contributed by atoms with Crippen LogP contribution in [0, 0.1) is 5.82 Å². The maximum atomic E-state index is 13.7. The van der Waals surface area contributed by atoms with Crippen LogP contribution in [0.25, 0.3) is 0 Å². The molecule has 0 spiro atoms. The van der Waals surface area contributed by atoms with Crippen molar-refractivity contribution in [1.82, 2.24) is 9.78 Å². The first-order chi connectivity index (χ1) is 12.1. The molecule has 1 aliphatic heterocycles. The molecule has 1 aromatic carbocycles. The standard InChI is InChI=1S/C18H21FN4O2/c1-25-11-3-5-16-14(9-11)17(20)23(22-16)18(24)12-6-7-21-15-4-2-10(19)8-13(12)15/h2,4,8,11-12,21H,3,5-7,9,20H2,1H3/t11?,12-/m1/s1. The average molecular weight is 344 g/mol. The maximum Gasteiger partial charge on any atom is 0.256 e. The Kier molecular flexibility index (Phi) is 3.95. The predicted molar refractivity (Wildman–Crippen MR) is 92.3 cm³/mol. The minimum atomic E-state index is -0.450. The molecule has 2 atom stereocenters. The molecule has 0 radical (unpaired) electrons. The molecular formula is C18H21FN4O2. The minimum absolute atomic E-state index is 0.108. The second-order valence-electron chi connectivity index (χ2n) is 6.66. The molecule has 1 aliphatic carbocycles. The zero-order valence-electron chi connectivity index (χ0n) is 14.1. The van der Waals surface area contributed by atoms with Crippen LogP contribution in [0.4, 0.5) is 15.9 Å². The number of nitrogens with two attached hydrogens (primary N) is 1. The lowest BCUT2D eigenvalue weighted by molar-refractivity contribution is 0.0859. The maximum absolute atomic E-state index is 13.7. The van der Waals surface area contributed by atoms with Crippen LogP contribution in [-0.4, -0.2) is 35.4 Å². The van der Waals surface area contributed by atoms with E-state index in [0.29, 0.717) is 30.8 Å². The Morgan fingerprint density at radius 3 is 3.08 bits per heavy atom. The quantitative estimate of drug-likeness (QED) is 0.874. The normalized spacial score (nSPS) is 22.0. The fourth-order valence-corrected chi connectivity index (χ4v) is 3.82. The van der Waals surface area contributed by atoms with E-state index in [1.165, 1.54) is 16.8 Å². The number of carbonyl (C=O) groups is 1. The molecule has 2 heterocycles. The van der Waals surface area contributed by atoms with Crippen molar-refractivity contribution in [2.75, 3.05) is 24.7 Å². The van der Waals surface area contributed by atoms with E-state index in [2.05, 4.69) is 10.4 Å². The fourth-order valence-electron chi connectivity index (χ4n) is 3.82. The average Bonchev–Trinajstić information content (AvgIpc) is 2.96. The van der Waals surface area contributed by atoms with Crippen LogP contribution >= 0.6 is 0 Å². The molecule has 2 aliphatic rings. The largest absolute Gasteiger partial charge is 0.385 e. The van der Waals surface area contributed by atoms with Gasteiger partial charge in [0.25, 0.3) is 5.91 Å². The number of anilines is 2. The number of nitrogen functional groups attached to an aromatic ring is 1. The summed E-state index contributed by atoms with van der Waals surface area (Å²) in [5, 5.41) is 7.67. The number of halogens is 1. The third kappa shape index (κ3) is 2.68. The van der Waals surface area contributed by atoms with Crippen molar-refractivity contribution < 1.29 is 13.9 Å². The Bertz CT molecular complexity index is 833. The second-order valence-corrected chi connectivity index (χ2v) is 6.66. The van der Waals surface area contributed by atoms with E-state index in [4.69, 9.17) is 10.5 Å². The number of fused-ring (bicyclic) bond motifs is 2. The second kappa shape index (κ2) is 6.15. The highest BCUT2D eigenvalue weighted by molar-refractivity contribution is 5.90. The zero-order chi connectivity index (χ0) is 17.6. The van der Waals surface area contributed by atoms with Crippen LogP contribution in [0.15, 0.2) is 18.2 Å². The molecule has 2 aromatic rings. The summed E-state index contributed by atoms with van der Waals surface area (Å²) in [6.07, 6.45) is 2.98. The van der Waals surface area contributed by atoms with E-state index < -0.39 is 5.92 Å². The summed E-state index contributed by atoms with van der Waals surface area (Å²) >= 11 is 0. The highest BCUT2D eigenvalue weighted by Crippen LogP contribution is 2.35. The van der Waals surface area contributed by atoms with Crippen molar-refractivity contribution in [2.24, 2.45) is 0 Å². The van der Waals surface area contributed by atoms with Crippen molar-refractivity contribution in [3.05, 3.63) is 40.8 Å². The molecule has 132 valence electrons. The van der Waals surface area contributed by atoms with Gasteiger partial charge < -0.3 is 15.8 Å². The summed E-state index contributed by atoms with van der Waals surface area (Å²) in [6, 6.07) is 4.49. The molecule has 1 aromatic heterocycles. The first-order valence-electron chi connectivity index (χ1n) is 8.55. The Balaban J connectivity index is 1.70. The molecule has 4 rings (SSSR count). The number of aromatic nitrogens is 2. The summed E-state index contributed by atoms with van der Waals surface area (Å²) in [6.45, 7) is 0.654. The highest BCUT2D eigenvalue weighted by atomic mass is 19.1. The van der Waals surface area contributed by atoms with Crippen molar-refractivity contribution in [3.63, 3.8) is 0 Å². The number of hydrogen-bond acceptors (Lipinski definition) is 5. The zero-order valence-corrected chi connectivity index (χ0v) is 14.1. The van der Waals surface area contributed by atoms with Gasteiger partial charge in [-0.15, -0.1) is 0 Å². The number of carbonyl (C=O) groups excluding carboxylic acids is 1. The van der Waals surface area contributed by atoms with Gasteiger partial charge in [-0.3, -0.25) is 4.79 Å². The predicted octanol–water partition coefficient (Wildman–Crippen LogP) is 2.35. The number of nitrogens with one attached hydrogen (secondary N) is 1. The number of rotatable bonds is 2. The molecule has 0 amide bonds. The molecular weight excluding hydrogens is 323 g/mol. The lowest BCUT2D eigenvalue weighted by atomic mass is 9.90. The van der Waals surface area contributed by atoms with Gasteiger partial charge in [0.1, 0.15) is 11.6 Å². The monoisotopic (exact) mass is 344 g/mol. The molecule has 0 bridgehead atoms. The van der Waals surface area contributed by atoms with Gasteiger partial charge in [-0.25, -0.2) is 4.39 Å². The van der Waals surface area contributed by atoms with Gasteiger partial charge in [0.15, 0.2) is 0 Å². The van der Waals surface area contributed by atoms with Crippen LogP contribution in [0.3, 0.4) is 0 Å². The lowest BCUT2D eigenvalue weighted by Crippen LogP contribution is -2.28. The summed E-state index contributed by atoms with van der Waals surface area (Å²) in [4.78, 5) is 13.1. The van der Waals surface area contributed by atoms with Crippen molar-refractivity contribution in [2.45, 2.75) is 37.7 Å². The van der Waals surface area contributed by atoms with E-state index in [0.717, 1.165) is 29.8 Å². The first-order valence-corrected chi connectivity index (χ1v) is 8.55. The number of nitrogens with zero attached hydrogens (tertiary/aromatic N) is 2. The molecule has 0 saturated heterocycles. The molecule has 0 fully saturated rings. The van der Waals surface area contributed by atoms with Crippen molar-refractivity contribution in [3.8, 4) is 0 Å². The number of hydrogen-bond donors (Lipinski definition) is 2. The molecule has 7 heteroatoms. The van der Waals surface area contributed by atoms with Gasteiger partial charge in [0, 0.05) is 31.3 Å². The van der Waals surface area contributed by atoms with Crippen molar-refractivity contribution >= 4 is 17.4 Å². The highest BCUT2D eigenvalue weighted by Gasteiger charge is 2.32. The van der Waals surface area contributed by atoms with Crippen LogP contribution in [0.5, 0.6) is 0 Å². The SMILES string of the molecule is COC1CCc2nn(C(=O)[C@@H]3CCNc4ccc(F)cc43)c(N)c2C1.